The van der Waals surface area contributed by atoms with Gasteiger partial charge in [0.05, 0.1) is 25.2 Å². The Kier molecular flexibility index (Phi) is 10.1. The minimum atomic E-state index is -0.296. The van der Waals surface area contributed by atoms with Crippen molar-refractivity contribution in [1.29, 1.82) is 0 Å². The van der Waals surface area contributed by atoms with Gasteiger partial charge in [-0.25, -0.2) is 14.4 Å². The molecule has 0 aliphatic rings. The van der Waals surface area contributed by atoms with Gasteiger partial charge in [-0.2, -0.15) is 0 Å². The maximum atomic E-state index is 14.2. The zero-order chi connectivity index (χ0) is 17.2. The Morgan fingerprint density at radius 2 is 2.16 bits per heavy atom. The van der Waals surface area contributed by atoms with Crippen LogP contribution in [0.2, 0.25) is 0 Å². The van der Waals surface area contributed by atoms with E-state index in [1.54, 1.807) is 29.4 Å². The van der Waals surface area contributed by atoms with E-state index in [4.69, 9.17) is 4.74 Å². The normalized spacial score (nSPS) is 11.1. The van der Waals surface area contributed by atoms with E-state index >= 15 is 0 Å². The van der Waals surface area contributed by atoms with E-state index in [1.807, 2.05) is 19.9 Å². The fraction of sp³-hybridized carbons (Fsp3) is 0.412. The van der Waals surface area contributed by atoms with Crippen molar-refractivity contribution in [2.24, 2.45) is 4.99 Å². The SMILES string of the molecule is CCNC(=NCc1ccc(-n2ccnc2)c(F)c1)NCCOCC.I. The molecule has 2 aromatic rings. The van der Waals surface area contributed by atoms with Crippen LogP contribution in [-0.2, 0) is 11.3 Å². The molecule has 0 radical (unpaired) electrons. The van der Waals surface area contributed by atoms with Crippen LogP contribution in [-0.4, -0.2) is 41.8 Å². The number of imidazole rings is 1. The predicted molar refractivity (Wildman–Crippen MR) is 108 cm³/mol. The number of nitrogens with zero attached hydrogens (tertiary/aromatic N) is 3. The van der Waals surface area contributed by atoms with E-state index in [9.17, 15) is 4.39 Å². The van der Waals surface area contributed by atoms with Crippen molar-refractivity contribution in [3.63, 3.8) is 0 Å². The van der Waals surface area contributed by atoms with Gasteiger partial charge in [0.2, 0.25) is 0 Å². The molecule has 1 aromatic heterocycles. The standard InChI is InChI=1S/C17H24FN5O.HI/c1-3-20-17(21-8-10-24-4-2)22-12-14-5-6-16(15(18)11-14)23-9-7-19-13-23;/h5-7,9,11,13H,3-4,8,10,12H2,1-2H3,(H2,20,21,22);1H. The van der Waals surface area contributed by atoms with Gasteiger partial charge in [-0.3, -0.25) is 0 Å². The molecule has 6 nitrogen and oxygen atoms in total. The first-order valence-electron chi connectivity index (χ1n) is 8.11. The number of ether oxygens (including phenoxy) is 1. The fourth-order valence-corrected chi connectivity index (χ4v) is 2.16. The molecule has 0 aliphatic heterocycles. The van der Waals surface area contributed by atoms with E-state index in [2.05, 4.69) is 20.6 Å². The second-order valence-corrected chi connectivity index (χ2v) is 5.07. The Morgan fingerprint density at radius 1 is 1.32 bits per heavy atom. The molecule has 0 atom stereocenters. The highest BCUT2D eigenvalue weighted by molar-refractivity contribution is 14.0. The number of aromatic nitrogens is 2. The second kappa shape index (κ2) is 11.8. The number of benzene rings is 1. The average Bonchev–Trinajstić information content (AvgIpc) is 3.10. The maximum absolute atomic E-state index is 14.2. The van der Waals surface area contributed by atoms with Gasteiger partial charge in [-0.15, -0.1) is 24.0 Å². The van der Waals surface area contributed by atoms with Crippen molar-refractivity contribution in [2.75, 3.05) is 26.3 Å². The van der Waals surface area contributed by atoms with Crippen LogP contribution in [0.1, 0.15) is 19.4 Å². The zero-order valence-electron chi connectivity index (χ0n) is 14.5. The highest BCUT2D eigenvalue weighted by atomic mass is 127. The minimum absolute atomic E-state index is 0. The highest BCUT2D eigenvalue weighted by Crippen LogP contribution is 2.15. The molecule has 0 saturated carbocycles. The molecular formula is C17H25FIN5O. The third-order valence-electron chi connectivity index (χ3n) is 3.30. The summed E-state index contributed by atoms with van der Waals surface area (Å²) < 4.78 is 21.2. The summed E-state index contributed by atoms with van der Waals surface area (Å²) in [6.07, 6.45) is 4.90. The van der Waals surface area contributed by atoms with Gasteiger partial charge in [0.15, 0.2) is 5.96 Å². The lowest BCUT2D eigenvalue weighted by molar-refractivity contribution is 0.152. The summed E-state index contributed by atoms with van der Waals surface area (Å²) in [4.78, 5) is 8.40. The summed E-state index contributed by atoms with van der Waals surface area (Å²) in [7, 11) is 0. The molecule has 25 heavy (non-hydrogen) atoms. The lowest BCUT2D eigenvalue weighted by atomic mass is 10.2. The smallest absolute Gasteiger partial charge is 0.191 e. The van der Waals surface area contributed by atoms with E-state index in [-0.39, 0.29) is 29.8 Å². The van der Waals surface area contributed by atoms with Crippen molar-refractivity contribution >= 4 is 29.9 Å². The number of hydrogen-bond acceptors (Lipinski definition) is 3. The van der Waals surface area contributed by atoms with E-state index in [0.29, 0.717) is 38.0 Å². The third kappa shape index (κ3) is 6.99. The molecule has 1 aromatic carbocycles. The third-order valence-corrected chi connectivity index (χ3v) is 3.30. The molecule has 0 fully saturated rings. The largest absolute Gasteiger partial charge is 0.380 e. The van der Waals surface area contributed by atoms with Crippen LogP contribution < -0.4 is 10.6 Å². The Labute approximate surface area is 164 Å². The zero-order valence-corrected chi connectivity index (χ0v) is 16.9. The lowest BCUT2D eigenvalue weighted by Crippen LogP contribution is -2.39. The van der Waals surface area contributed by atoms with Gasteiger partial charge in [-0.1, -0.05) is 6.07 Å². The Bertz CT molecular complexity index is 648. The van der Waals surface area contributed by atoms with Gasteiger partial charge >= 0.3 is 0 Å². The minimum Gasteiger partial charge on any atom is -0.380 e. The van der Waals surface area contributed by atoms with Crippen molar-refractivity contribution < 1.29 is 9.13 Å². The molecule has 0 unspecified atom stereocenters. The summed E-state index contributed by atoms with van der Waals surface area (Å²) >= 11 is 0. The highest BCUT2D eigenvalue weighted by Gasteiger charge is 2.05. The first kappa shape index (κ1) is 21.4. The number of hydrogen-bond donors (Lipinski definition) is 2. The Hall–Kier alpha value is -1.68. The molecular weight excluding hydrogens is 436 g/mol. The summed E-state index contributed by atoms with van der Waals surface area (Å²) in [5.41, 5.74) is 1.28. The van der Waals surface area contributed by atoms with Crippen molar-refractivity contribution in [3.05, 3.63) is 48.3 Å². The topological polar surface area (TPSA) is 63.5 Å². The fourth-order valence-electron chi connectivity index (χ4n) is 2.16. The lowest BCUT2D eigenvalue weighted by Gasteiger charge is -2.11. The van der Waals surface area contributed by atoms with Gasteiger partial charge < -0.3 is 19.9 Å². The average molecular weight is 461 g/mol. The molecule has 0 aliphatic carbocycles. The first-order valence-corrected chi connectivity index (χ1v) is 8.11. The number of rotatable bonds is 8. The van der Waals surface area contributed by atoms with Crippen LogP contribution in [0.15, 0.2) is 41.9 Å². The number of halogens is 2. The Balaban J connectivity index is 0.00000312. The number of nitrogens with one attached hydrogen (secondary N) is 2. The monoisotopic (exact) mass is 461 g/mol. The second-order valence-electron chi connectivity index (χ2n) is 5.07. The quantitative estimate of drug-likeness (QED) is 0.275. The molecule has 138 valence electrons. The Morgan fingerprint density at radius 3 is 2.80 bits per heavy atom. The van der Waals surface area contributed by atoms with E-state index in [1.165, 1.54) is 6.07 Å². The molecule has 0 bridgehead atoms. The van der Waals surface area contributed by atoms with E-state index in [0.717, 1.165) is 12.1 Å². The maximum Gasteiger partial charge on any atom is 0.191 e. The predicted octanol–water partition coefficient (Wildman–Crippen LogP) is 2.72. The van der Waals surface area contributed by atoms with Crippen LogP contribution in [0.5, 0.6) is 0 Å². The molecule has 2 N–H and O–H groups in total. The summed E-state index contributed by atoms with van der Waals surface area (Å²) in [6.45, 7) is 7.10. The van der Waals surface area contributed by atoms with Gasteiger partial charge in [0.1, 0.15) is 5.82 Å². The molecule has 1 heterocycles. The van der Waals surface area contributed by atoms with Gasteiger partial charge in [-0.05, 0) is 31.5 Å². The number of aliphatic imine (C=N–C) groups is 1. The van der Waals surface area contributed by atoms with Crippen LogP contribution >= 0.6 is 24.0 Å². The van der Waals surface area contributed by atoms with E-state index < -0.39 is 0 Å². The van der Waals surface area contributed by atoms with Gasteiger partial charge in [0, 0.05) is 32.1 Å². The molecule has 0 saturated heterocycles. The van der Waals surface area contributed by atoms with Crippen molar-refractivity contribution in [1.82, 2.24) is 20.2 Å². The molecule has 0 amide bonds. The van der Waals surface area contributed by atoms with Crippen LogP contribution in [0.3, 0.4) is 0 Å². The first-order chi connectivity index (χ1) is 11.7. The molecule has 0 spiro atoms. The molecule has 8 heteroatoms. The van der Waals surface area contributed by atoms with Crippen molar-refractivity contribution in [3.8, 4) is 5.69 Å². The van der Waals surface area contributed by atoms with Gasteiger partial charge in [0.25, 0.3) is 0 Å². The van der Waals surface area contributed by atoms with Crippen LogP contribution in [0.25, 0.3) is 5.69 Å². The van der Waals surface area contributed by atoms with Crippen molar-refractivity contribution in [2.45, 2.75) is 20.4 Å². The van der Waals surface area contributed by atoms with Crippen LogP contribution in [0.4, 0.5) is 4.39 Å². The summed E-state index contributed by atoms with van der Waals surface area (Å²) in [5, 5.41) is 6.34. The summed E-state index contributed by atoms with van der Waals surface area (Å²) in [5.74, 6) is 0.395. The molecule has 2 rings (SSSR count). The number of guanidine groups is 1. The van der Waals surface area contributed by atoms with Crippen LogP contribution in [0, 0.1) is 5.82 Å². The summed E-state index contributed by atoms with van der Waals surface area (Å²) in [6, 6.07) is 5.10.